The summed E-state index contributed by atoms with van der Waals surface area (Å²) in [6, 6.07) is 20.2. The summed E-state index contributed by atoms with van der Waals surface area (Å²) in [4.78, 5) is 13.8. The lowest BCUT2D eigenvalue weighted by molar-refractivity contribution is 0.102. The zero-order valence-electron chi connectivity index (χ0n) is 15.6. The average molecular weight is 414 g/mol. The molecule has 3 aromatic carbocycles. The van der Waals surface area contributed by atoms with E-state index < -0.39 is 0 Å². The minimum absolute atomic E-state index is 0.190. The van der Waals surface area contributed by atoms with Crippen molar-refractivity contribution in [3.8, 4) is 11.5 Å². The Labute approximate surface area is 173 Å². The predicted octanol–water partition coefficient (Wildman–Crippen LogP) is 5.90. The van der Waals surface area contributed by atoms with Gasteiger partial charge in [0, 0.05) is 26.7 Å². The van der Waals surface area contributed by atoms with Gasteiger partial charge >= 0.3 is 0 Å². The number of carbonyl (C=O) groups is 1. The maximum absolute atomic E-state index is 12.7. The molecule has 28 heavy (non-hydrogen) atoms. The molecule has 1 N–H and O–H groups in total. The summed E-state index contributed by atoms with van der Waals surface area (Å²) in [7, 11) is 1.59. The Kier molecular flexibility index (Phi) is 6.85. The molecule has 0 radical (unpaired) electrons. The highest BCUT2D eigenvalue weighted by atomic mass is 35.5. The van der Waals surface area contributed by atoms with Gasteiger partial charge in [0.25, 0.3) is 5.91 Å². The monoisotopic (exact) mass is 413 g/mol. The van der Waals surface area contributed by atoms with Crippen LogP contribution in [-0.4, -0.2) is 19.3 Å². The Morgan fingerprint density at radius 2 is 1.89 bits per heavy atom. The molecule has 0 aliphatic heterocycles. The smallest absolute Gasteiger partial charge is 0.255 e. The minimum atomic E-state index is -0.190. The van der Waals surface area contributed by atoms with Crippen LogP contribution in [0.1, 0.15) is 15.9 Å². The van der Waals surface area contributed by atoms with Crippen molar-refractivity contribution in [2.24, 2.45) is 0 Å². The van der Waals surface area contributed by atoms with Crippen molar-refractivity contribution in [3.63, 3.8) is 0 Å². The van der Waals surface area contributed by atoms with Crippen LogP contribution in [0.3, 0.4) is 0 Å². The molecule has 0 unspecified atom stereocenters. The summed E-state index contributed by atoms with van der Waals surface area (Å²) in [6.45, 7) is 0.257. The van der Waals surface area contributed by atoms with Crippen LogP contribution < -0.4 is 14.8 Å². The van der Waals surface area contributed by atoms with E-state index in [1.54, 1.807) is 49.2 Å². The van der Waals surface area contributed by atoms with Gasteiger partial charge in [0.2, 0.25) is 0 Å². The molecule has 0 atom stereocenters. The lowest BCUT2D eigenvalue weighted by Crippen LogP contribution is -2.13. The van der Waals surface area contributed by atoms with Gasteiger partial charge in [-0.3, -0.25) is 4.79 Å². The average Bonchev–Trinajstić information content (AvgIpc) is 2.72. The topological polar surface area (TPSA) is 47.6 Å². The van der Waals surface area contributed by atoms with Crippen LogP contribution in [0.5, 0.6) is 11.5 Å². The lowest BCUT2D eigenvalue weighted by atomic mass is 10.1. The highest BCUT2D eigenvalue weighted by Gasteiger charge is 2.12. The number of ether oxygens (including phenoxy) is 2. The molecule has 0 aliphatic rings. The first-order valence-electron chi connectivity index (χ1n) is 8.59. The Hall–Kier alpha value is -2.63. The van der Waals surface area contributed by atoms with Gasteiger partial charge in [-0.1, -0.05) is 23.7 Å². The molecule has 0 saturated carbocycles. The van der Waals surface area contributed by atoms with E-state index in [-0.39, 0.29) is 12.5 Å². The number of halogens is 1. The molecule has 0 aromatic heterocycles. The van der Waals surface area contributed by atoms with E-state index in [2.05, 4.69) is 5.32 Å². The van der Waals surface area contributed by atoms with Gasteiger partial charge in [0.05, 0.1) is 7.11 Å². The van der Waals surface area contributed by atoms with Crippen LogP contribution >= 0.6 is 23.4 Å². The number of hydrogen-bond acceptors (Lipinski definition) is 4. The molecule has 6 heteroatoms. The fourth-order valence-electron chi connectivity index (χ4n) is 2.65. The Bertz CT molecular complexity index is 978. The summed E-state index contributed by atoms with van der Waals surface area (Å²) >= 11 is 7.62. The van der Waals surface area contributed by atoms with Crippen molar-refractivity contribution in [1.29, 1.82) is 0 Å². The van der Waals surface area contributed by atoms with E-state index in [0.717, 1.165) is 16.1 Å². The number of hydrogen-bond donors (Lipinski definition) is 1. The van der Waals surface area contributed by atoms with Crippen molar-refractivity contribution in [2.75, 3.05) is 18.7 Å². The second kappa shape index (κ2) is 9.53. The van der Waals surface area contributed by atoms with Gasteiger partial charge in [0.15, 0.2) is 0 Å². The third-order valence-corrected chi connectivity index (χ3v) is 5.02. The van der Waals surface area contributed by atoms with E-state index in [4.69, 9.17) is 21.1 Å². The molecule has 3 aromatic rings. The molecule has 0 saturated heterocycles. The van der Waals surface area contributed by atoms with Gasteiger partial charge in [-0.15, -0.1) is 11.8 Å². The Balaban J connectivity index is 1.76. The highest BCUT2D eigenvalue weighted by Crippen LogP contribution is 2.25. The predicted molar refractivity (Wildman–Crippen MR) is 115 cm³/mol. The summed E-state index contributed by atoms with van der Waals surface area (Å²) in [6.07, 6.45) is 2.00. The van der Waals surface area contributed by atoms with Crippen LogP contribution in [0, 0.1) is 0 Å². The molecule has 0 bridgehead atoms. The van der Waals surface area contributed by atoms with Gasteiger partial charge < -0.3 is 14.8 Å². The first kappa shape index (κ1) is 20.1. The number of thioether (sulfide) groups is 1. The molecular weight excluding hydrogens is 394 g/mol. The molecule has 0 fully saturated rings. The van der Waals surface area contributed by atoms with E-state index in [0.29, 0.717) is 22.1 Å². The molecular formula is C22H20ClNO3S. The maximum atomic E-state index is 12.7. The fourth-order valence-corrected chi connectivity index (χ4v) is 3.29. The first-order chi connectivity index (χ1) is 13.6. The number of carbonyl (C=O) groups excluding carboxylic acids is 1. The van der Waals surface area contributed by atoms with Crippen LogP contribution in [0.4, 0.5) is 5.69 Å². The Morgan fingerprint density at radius 3 is 2.64 bits per heavy atom. The lowest BCUT2D eigenvalue weighted by Gasteiger charge is -2.13. The zero-order chi connectivity index (χ0) is 19.9. The number of rotatable bonds is 7. The molecule has 1 amide bonds. The van der Waals surface area contributed by atoms with Gasteiger partial charge in [-0.2, -0.15) is 0 Å². The van der Waals surface area contributed by atoms with E-state index in [1.165, 1.54) is 0 Å². The van der Waals surface area contributed by atoms with Crippen LogP contribution in [-0.2, 0) is 6.61 Å². The SMILES string of the molecule is COc1ccc(C(=O)Nc2cccc(SC)c2)cc1COc1cccc(Cl)c1. The van der Waals surface area contributed by atoms with Crippen molar-refractivity contribution in [2.45, 2.75) is 11.5 Å². The summed E-state index contributed by atoms with van der Waals surface area (Å²) in [5.41, 5.74) is 2.05. The van der Waals surface area contributed by atoms with Gasteiger partial charge in [-0.05, 0) is 60.9 Å². The summed E-state index contributed by atoms with van der Waals surface area (Å²) < 4.78 is 11.2. The minimum Gasteiger partial charge on any atom is -0.496 e. The first-order valence-corrected chi connectivity index (χ1v) is 10.2. The molecule has 3 rings (SSSR count). The van der Waals surface area contributed by atoms with Crippen molar-refractivity contribution < 1.29 is 14.3 Å². The number of nitrogens with one attached hydrogen (secondary N) is 1. The quantitative estimate of drug-likeness (QED) is 0.490. The van der Waals surface area contributed by atoms with Crippen molar-refractivity contribution >= 4 is 35.0 Å². The van der Waals surface area contributed by atoms with Crippen LogP contribution in [0.2, 0.25) is 5.02 Å². The number of methoxy groups -OCH3 is 1. The summed E-state index contributed by atoms with van der Waals surface area (Å²) in [5.74, 6) is 1.12. The second-order valence-electron chi connectivity index (χ2n) is 5.96. The zero-order valence-corrected chi connectivity index (χ0v) is 17.1. The molecule has 0 spiro atoms. The third-order valence-electron chi connectivity index (χ3n) is 4.06. The van der Waals surface area contributed by atoms with Crippen LogP contribution in [0.25, 0.3) is 0 Å². The maximum Gasteiger partial charge on any atom is 0.255 e. The molecule has 144 valence electrons. The van der Waals surface area contributed by atoms with Crippen LogP contribution in [0.15, 0.2) is 71.6 Å². The van der Waals surface area contributed by atoms with Crippen molar-refractivity contribution in [3.05, 3.63) is 82.9 Å². The number of benzene rings is 3. The molecule has 0 heterocycles. The largest absolute Gasteiger partial charge is 0.496 e. The van der Waals surface area contributed by atoms with Gasteiger partial charge in [-0.25, -0.2) is 0 Å². The van der Waals surface area contributed by atoms with E-state index in [9.17, 15) is 4.79 Å². The second-order valence-corrected chi connectivity index (χ2v) is 7.27. The number of anilines is 1. The molecule has 4 nitrogen and oxygen atoms in total. The normalized spacial score (nSPS) is 10.4. The van der Waals surface area contributed by atoms with E-state index >= 15 is 0 Å². The van der Waals surface area contributed by atoms with E-state index in [1.807, 2.05) is 42.7 Å². The number of amides is 1. The van der Waals surface area contributed by atoms with Gasteiger partial charge in [0.1, 0.15) is 18.1 Å². The molecule has 0 aliphatic carbocycles. The highest BCUT2D eigenvalue weighted by molar-refractivity contribution is 7.98. The van der Waals surface area contributed by atoms with Crippen molar-refractivity contribution in [1.82, 2.24) is 0 Å². The standard InChI is InChI=1S/C22H20ClNO3S/c1-26-21-10-9-15(22(25)24-18-6-4-8-20(13-18)28-2)11-16(21)14-27-19-7-3-5-17(23)12-19/h3-13H,14H2,1-2H3,(H,24,25). The summed E-state index contributed by atoms with van der Waals surface area (Å²) in [5, 5.41) is 3.53. The third kappa shape index (κ3) is 5.21. The fraction of sp³-hybridized carbons (Fsp3) is 0.136. The Morgan fingerprint density at radius 1 is 1.07 bits per heavy atom.